The number of hydrogen-bond acceptors (Lipinski definition) is 4. The van der Waals surface area contributed by atoms with Crippen molar-refractivity contribution in [3.05, 3.63) is 59.7 Å². The van der Waals surface area contributed by atoms with Crippen LogP contribution in [0.2, 0.25) is 0 Å². The number of carbonyl (C=O) groups excluding carboxylic acids is 1. The molecule has 166 valence electrons. The first kappa shape index (κ1) is 23.0. The standard InChI is InChI=1S/C24H31N3O3S/c1-19-15-16-23(20(2)17-19)27(31(29,30)22-13-9-6-10-14-22)18-24(28)26-25-21-11-7-4-3-5-8-12-21/h6,9-10,13-17H,3-5,7-8,11-12,18H2,1-2H3,(H,26,28). The van der Waals surface area contributed by atoms with Crippen molar-refractivity contribution in [2.24, 2.45) is 5.10 Å². The van der Waals surface area contributed by atoms with Gasteiger partial charge < -0.3 is 0 Å². The summed E-state index contributed by atoms with van der Waals surface area (Å²) in [6, 6.07) is 13.7. The van der Waals surface area contributed by atoms with Crippen molar-refractivity contribution in [3.63, 3.8) is 0 Å². The number of hydrazone groups is 1. The molecule has 0 radical (unpaired) electrons. The predicted octanol–water partition coefficient (Wildman–Crippen LogP) is 4.72. The van der Waals surface area contributed by atoms with E-state index in [1.165, 1.54) is 23.6 Å². The zero-order chi connectivity index (χ0) is 22.3. The predicted molar refractivity (Wildman–Crippen MR) is 125 cm³/mol. The number of carbonyl (C=O) groups is 1. The van der Waals surface area contributed by atoms with E-state index < -0.39 is 15.9 Å². The maximum Gasteiger partial charge on any atom is 0.264 e. The average Bonchev–Trinajstić information content (AvgIpc) is 2.72. The summed E-state index contributed by atoms with van der Waals surface area (Å²) in [5.41, 5.74) is 5.89. The Balaban J connectivity index is 1.85. The van der Waals surface area contributed by atoms with E-state index in [1.807, 2.05) is 26.0 Å². The number of aryl methyl sites for hydroxylation is 2. The Morgan fingerprint density at radius 1 is 0.968 bits per heavy atom. The summed E-state index contributed by atoms with van der Waals surface area (Å²) in [5.74, 6) is -0.450. The average molecular weight is 442 g/mol. The van der Waals surface area contributed by atoms with Gasteiger partial charge in [-0.15, -0.1) is 0 Å². The van der Waals surface area contributed by atoms with E-state index in [0.717, 1.165) is 42.5 Å². The fraction of sp³-hybridized carbons (Fsp3) is 0.417. The number of nitrogens with zero attached hydrogens (tertiary/aromatic N) is 2. The van der Waals surface area contributed by atoms with E-state index in [1.54, 1.807) is 36.4 Å². The zero-order valence-corrected chi connectivity index (χ0v) is 19.1. The number of sulfonamides is 1. The summed E-state index contributed by atoms with van der Waals surface area (Å²) in [6.45, 7) is 3.46. The normalized spacial score (nSPS) is 15.0. The lowest BCUT2D eigenvalue weighted by molar-refractivity contribution is -0.119. The number of amides is 1. The molecule has 1 N–H and O–H groups in total. The molecule has 6 nitrogen and oxygen atoms in total. The van der Waals surface area contributed by atoms with Gasteiger partial charge in [0.2, 0.25) is 0 Å². The third-order valence-electron chi connectivity index (χ3n) is 5.51. The first-order chi connectivity index (χ1) is 14.9. The van der Waals surface area contributed by atoms with E-state index in [-0.39, 0.29) is 11.4 Å². The maximum absolute atomic E-state index is 13.4. The third-order valence-corrected chi connectivity index (χ3v) is 7.28. The van der Waals surface area contributed by atoms with Crippen molar-refractivity contribution in [1.82, 2.24) is 5.43 Å². The number of hydrogen-bond donors (Lipinski definition) is 1. The Bertz CT molecular complexity index is 1020. The van der Waals surface area contributed by atoms with Gasteiger partial charge in [-0.2, -0.15) is 5.10 Å². The van der Waals surface area contributed by atoms with Gasteiger partial charge in [0.1, 0.15) is 6.54 Å². The summed E-state index contributed by atoms with van der Waals surface area (Å²) in [7, 11) is -3.91. The van der Waals surface area contributed by atoms with Crippen LogP contribution >= 0.6 is 0 Å². The highest BCUT2D eigenvalue weighted by Gasteiger charge is 2.28. The number of rotatable bonds is 6. The summed E-state index contributed by atoms with van der Waals surface area (Å²) in [5, 5.41) is 4.32. The molecule has 1 saturated carbocycles. The Kier molecular flexibility index (Phi) is 7.85. The molecule has 0 bridgehead atoms. The second-order valence-electron chi connectivity index (χ2n) is 8.10. The van der Waals surface area contributed by atoms with E-state index in [9.17, 15) is 13.2 Å². The summed E-state index contributed by atoms with van der Waals surface area (Å²) in [6.07, 6.45) is 7.53. The van der Waals surface area contributed by atoms with Crippen LogP contribution in [-0.2, 0) is 14.8 Å². The van der Waals surface area contributed by atoms with Gasteiger partial charge in [0.25, 0.3) is 15.9 Å². The molecule has 1 amide bonds. The Labute approximate surface area is 185 Å². The molecule has 0 heterocycles. The first-order valence-electron chi connectivity index (χ1n) is 10.9. The van der Waals surface area contributed by atoms with Crippen molar-refractivity contribution in [2.45, 2.75) is 63.7 Å². The van der Waals surface area contributed by atoms with Crippen molar-refractivity contribution in [1.29, 1.82) is 0 Å². The first-order valence-corrected chi connectivity index (χ1v) is 12.3. The smallest absolute Gasteiger partial charge is 0.264 e. The van der Waals surface area contributed by atoms with Crippen LogP contribution in [-0.4, -0.2) is 26.6 Å². The van der Waals surface area contributed by atoms with Gasteiger partial charge in [0.05, 0.1) is 10.6 Å². The minimum Gasteiger partial charge on any atom is -0.271 e. The minimum atomic E-state index is -3.91. The van der Waals surface area contributed by atoms with Crippen LogP contribution in [0.1, 0.15) is 56.1 Å². The van der Waals surface area contributed by atoms with Crippen LogP contribution < -0.4 is 9.73 Å². The van der Waals surface area contributed by atoms with Gasteiger partial charge in [0, 0.05) is 5.71 Å². The van der Waals surface area contributed by atoms with Crippen molar-refractivity contribution >= 4 is 27.3 Å². The minimum absolute atomic E-state index is 0.147. The summed E-state index contributed by atoms with van der Waals surface area (Å²) in [4.78, 5) is 12.9. The lowest BCUT2D eigenvalue weighted by Crippen LogP contribution is -2.40. The van der Waals surface area contributed by atoms with Gasteiger partial charge in [0.15, 0.2) is 0 Å². The molecular weight excluding hydrogens is 410 g/mol. The highest BCUT2D eigenvalue weighted by molar-refractivity contribution is 7.92. The van der Waals surface area contributed by atoms with Crippen molar-refractivity contribution < 1.29 is 13.2 Å². The van der Waals surface area contributed by atoms with Gasteiger partial charge in [-0.3, -0.25) is 9.10 Å². The molecule has 0 atom stereocenters. The molecule has 1 aliphatic carbocycles. The molecule has 2 aromatic carbocycles. The second-order valence-corrected chi connectivity index (χ2v) is 9.96. The maximum atomic E-state index is 13.4. The molecule has 3 rings (SSSR count). The Morgan fingerprint density at radius 2 is 1.61 bits per heavy atom. The number of anilines is 1. The Morgan fingerprint density at radius 3 is 2.26 bits per heavy atom. The fourth-order valence-corrected chi connectivity index (χ4v) is 5.34. The molecule has 1 aliphatic rings. The number of benzene rings is 2. The molecule has 2 aromatic rings. The molecule has 0 aliphatic heterocycles. The van der Waals surface area contributed by atoms with Crippen LogP contribution in [0.5, 0.6) is 0 Å². The molecule has 0 saturated heterocycles. The molecule has 1 fully saturated rings. The second kappa shape index (κ2) is 10.6. The SMILES string of the molecule is Cc1ccc(N(CC(=O)NN=C2CCCCCCC2)S(=O)(=O)c2ccccc2)c(C)c1. The van der Waals surface area contributed by atoms with E-state index in [0.29, 0.717) is 5.69 Å². The third kappa shape index (κ3) is 6.17. The zero-order valence-electron chi connectivity index (χ0n) is 18.3. The van der Waals surface area contributed by atoms with Crippen LogP contribution in [0.25, 0.3) is 0 Å². The molecule has 0 aromatic heterocycles. The highest BCUT2D eigenvalue weighted by Crippen LogP contribution is 2.27. The van der Waals surface area contributed by atoms with Gasteiger partial charge in [-0.1, -0.05) is 55.2 Å². The lowest BCUT2D eigenvalue weighted by atomic mass is 9.99. The van der Waals surface area contributed by atoms with E-state index in [2.05, 4.69) is 10.5 Å². The molecule has 31 heavy (non-hydrogen) atoms. The Hall–Kier alpha value is -2.67. The molecule has 0 unspecified atom stereocenters. The number of nitrogens with one attached hydrogen (secondary N) is 1. The summed E-state index contributed by atoms with van der Waals surface area (Å²) < 4.78 is 28.0. The summed E-state index contributed by atoms with van der Waals surface area (Å²) >= 11 is 0. The van der Waals surface area contributed by atoms with E-state index >= 15 is 0 Å². The van der Waals surface area contributed by atoms with Gasteiger partial charge >= 0.3 is 0 Å². The lowest BCUT2D eigenvalue weighted by Gasteiger charge is -2.25. The fourth-order valence-electron chi connectivity index (χ4n) is 3.84. The van der Waals surface area contributed by atoms with Crippen LogP contribution in [0.15, 0.2) is 58.5 Å². The van der Waals surface area contributed by atoms with Crippen LogP contribution in [0, 0.1) is 13.8 Å². The van der Waals surface area contributed by atoms with E-state index in [4.69, 9.17) is 0 Å². The monoisotopic (exact) mass is 441 g/mol. The van der Waals surface area contributed by atoms with Crippen LogP contribution in [0.4, 0.5) is 5.69 Å². The highest BCUT2D eigenvalue weighted by atomic mass is 32.2. The molecule has 0 spiro atoms. The topological polar surface area (TPSA) is 78.8 Å². The van der Waals surface area contributed by atoms with Crippen LogP contribution in [0.3, 0.4) is 0 Å². The van der Waals surface area contributed by atoms with Gasteiger partial charge in [-0.05, 0) is 63.3 Å². The van der Waals surface area contributed by atoms with Crippen molar-refractivity contribution in [2.75, 3.05) is 10.8 Å². The molecule has 7 heteroatoms. The van der Waals surface area contributed by atoms with Gasteiger partial charge in [-0.25, -0.2) is 13.8 Å². The molecular formula is C24H31N3O3S. The largest absolute Gasteiger partial charge is 0.271 e. The quantitative estimate of drug-likeness (QED) is 0.659. The van der Waals surface area contributed by atoms with Crippen molar-refractivity contribution in [3.8, 4) is 0 Å².